The molecule has 238 valence electrons. The van der Waals surface area contributed by atoms with Crippen molar-refractivity contribution in [2.75, 3.05) is 38.2 Å². The first-order valence-electron chi connectivity index (χ1n) is 13.7. The van der Waals surface area contributed by atoms with Crippen LogP contribution in [0.15, 0.2) is 40.7 Å². The molecule has 3 atom stereocenters. The van der Waals surface area contributed by atoms with Crippen molar-refractivity contribution in [2.24, 2.45) is 7.05 Å². The van der Waals surface area contributed by atoms with Crippen molar-refractivity contribution in [3.8, 4) is 5.75 Å². The highest BCUT2D eigenvalue weighted by Gasteiger charge is 2.54. The van der Waals surface area contributed by atoms with E-state index in [0.717, 1.165) is 9.80 Å². The monoisotopic (exact) mass is 659 g/mol. The predicted octanol–water partition coefficient (Wildman–Crippen LogP) is -0.809. The minimum atomic E-state index is -1.37. The maximum Gasteiger partial charge on any atom is 0.352 e. The molecule has 19 heteroatoms. The van der Waals surface area contributed by atoms with Crippen LogP contribution in [0.3, 0.4) is 0 Å². The van der Waals surface area contributed by atoms with Crippen LogP contribution in [0.25, 0.3) is 0 Å². The van der Waals surface area contributed by atoms with Gasteiger partial charge in [0, 0.05) is 38.2 Å². The van der Waals surface area contributed by atoms with Crippen LogP contribution < -0.4 is 15.4 Å². The summed E-state index contributed by atoms with van der Waals surface area (Å²) in [5.41, 5.74) is 0.656. The number of imide groups is 1. The Kier molecular flexibility index (Phi) is 9.28. The molecule has 2 aromatic rings. The first-order chi connectivity index (χ1) is 21.5. The summed E-state index contributed by atoms with van der Waals surface area (Å²) < 4.78 is 6.62. The SMILES string of the molecule is CCN1CCN(C(=O)N[C@@H](C(=O)N[C@@H]2C(=O)N3C(C(=O)O)=C(CSc4nnnn4C)CS[C@H]23)c2ccc(OC)cc2)C(=O)C1=O. The summed E-state index contributed by atoms with van der Waals surface area (Å²) in [6.45, 7) is 2.11. The number of nitrogens with zero attached hydrogens (tertiary/aromatic N) is 7. The van der Waals surface area contributed by atoms with Gasteiger partial charge in [-0.3, -0.25) is 29.0 Å². The van der Waals surface area contributed by atoms with Gasteiger partial charge in [-0.2, -0.15) is 0 Å². The number of carboxylic acid groups (broad SMARTS) is 1. The number of hydrogen-bond donors (Lipinski definition) is 3. The fraction of sp³-hybridized carbons (Fsp3) is 0.423. The van der Waals surface area contributed by atoms with Crippen LogP contribution >= 0.6 is 23.5 Å². The highest BCUT2D eigenvalue weighted by molar-refractivity contribution is 8.01. The summed E-state index contributed by atoms with van der Waals surface area (Å²) in [4.78, 5) is 80.6. The summed E-state index contributed by atoms with van der Waals surface area (Å²) in [6, 6.07) is 2.82. The molecule has 2 fully saturated rings. The Bertz CT molecular complexity index is 1580. The number of carbonyl (C=O) groups is 6. The number of β-lactam (4-membered cyclic amide) rings is 1. The molecule has 0 aliphatic carbocycles. The Morgan fingerprint density at radius 1 is 1.16 bits per heavy atom. The number of piperazine rings is 1. The Balaban J connectivity index is 1.32. The lowest BCUT2D eigenvalue weighted by molar-refractivity contribution is -0.153. The maximum atomic E-state index is 13.7. The van der Waals surface area contributed by atoms with Crippen molar-refractivity contribution in [1.82, 2.24) is 45.5 Å². The van der Waals surface area contributed by atoms with Crippen LogP contribution in [0, 0.1) is 0 Å². The second-order valence-corrected chi connectivity index (χ2v) is 12.1. The molecule has 3 N–H and O–H groups in total. The Hall–Kier alpha value is -4.65. The number of rotatable bonds is 10. The molecule has 45 heavy (non-hydrogen) atoms. The van der Waals surface area contributed by atoms with E-state index in [2.05, 4.69) is 26.2 Å². The molecule has 0 bridgehead atoms. The van der Waals surface area contributed by atoms with Crippen LogP contribution in [0.1, 0.15) is 18.5 Å². The molecule has 6 amide bonds. The summed E-state index contributed by atoms with van der Waals surface area (Å²) in [6.07, 6.45) is 0. The lowest BCUT2D eigenvalue weighted by Crippen LogP contribution is -2.71. The van der Waals surface area contributed by atoms with Crippen LogP contribution in [0.5, 0.6) is 5.75 Å². The van der Waals surface area contributed by atoms with Gasteiger partial charge in [0.15, 0.2) is 0 Å². The zero-order valence-electron chi connectivity index (χ0n) is 24.3. The Morgan fingerprint density at radius 2 is 1.89 bits per heavy atom. The van der Waals surface area contributed by atoms with Gasteiger partial charge in [-0.15, -0.1) is 16.9 Å². The number of amides is 6. The molecule has 4 heterocycles. The molecule has 0 saturated carbocycles. The molecule has 5 rings (SSSR count). The number of fused-ring (bicyclic) bond motifs is 1. The van der Waals surface area contributed by atoms with E-state index in [1.54, 1.807) is 26.1 Å². The molecule has 1 aromatic carbocycles. The fourth-order valence-electron chi connectivity index (χ4n) is 4.99. The minimum absolute atomic E-state index is 0.0614. The molecule has 0 spiro atoms. The Labute approximate surface area is 264 Å². The number of hydrogen-bond acceptors (Lipinski definition) is 12. The summed E-state index contributed by atoms with van der Waals surface area (Å²) >= 11 is 2.52. The number of likely N-dealkylation sites (N-methyl/N-ethyl adjacent to an activating group) is 1. The standard InChI is InChI=1S/C26H29N9O8S2/c1-4-33-9-10-34(22(39)21(33)38)25(42)28-16(13-5-7-15(43-3)8-6-13)19(36)27-17-20(37)35-18(24(40)41)14(11-44-23(17)35)12-45-26-29-30-31-32(26)2/h5-8,16-17,23H,4,9-12H2,1-3H3,(H,27,36)(H,28,42)(H,40,41)/t16-,17-,23-/m1/s1. The van der Waals surface area contributed by atoms with E-state index in [9.17, 15) is 33.9 Å². The van der Waals surface area contributed by atoms with E-state index < -0.39 is 53.1 Å². The van der Waals surface area contributed by atoms with Gasteiger partial charge in [-0.05, 0) is 40.6 Å². The van der Waals surface area contributed by atoms with Gasteiger partial charge in [0.2, 0.25) is 11.1 Å². The molecular formula is C26H29N9O8S2. The third-order valence-corrected chi connectivity index (χ3v) is 9.86. The van der Waals surface area contributed by atoms with Gasteiger partial charge in [0.1, 0.15) is 28.9 Å². The quantitative estimate of drug-likeness (QED) is 0.162. The minimum Gasteiger partial charge on any atom is -0.497 e. The second-order valence-electron chi connectivity index (χ2n) is 10.0. The maximum absolute atomic E-state index is 13.7. The van der Waals surface area contributed by atoms with E-state index in [0.29, 0.717) is 28.6 Å². The largest absolute Gasteiger partial charge is 0.497 e. The van der Waals surface area contributed by atoms with Crippen LogP contribution in [-0.2, 0) is 31.0 Å². The predicted molar refractivity (Wildman–Crippen MR) is 157 cm³/mol. The zero-order valence-corrected chi connectivity index (χ0v) is 26.0. The summed E-state index contributed by atoms with van der Waals surface area (Å²) in [5.74, 6) is -3.53. The van der Waals surface area contributed by atoms with Crippen LogP contribution in [0.2, 0.25) is 0 Å². The lowest BCUT2D eigenvalue weighted by atomic mass is 10.0. The van der Waals surface area contributed by atoms with E-state index >= 15 is 0 Å². The van der Waals surface area contributed by atoms with E-state index in [-0.39, 0.29) is 30.3 Å². The van der Waals surface area contributed by atoms with E-state index in [1.807, 2.05) is 0 Å². The average Bonchev–Trinajstić information content (AvgIpc) is 3.46. The molecule has 2 saturated heterocycles. The number of urea groups is 1. The number of benzene rings is 1. The fourth-order valence-corrected chi connectivity index (χ4v) is 7.33. The number of aliphatic carboxylic acids is 1. The highest BCUT2D eigenvalue weighted by Crippen LogP contribution is 2.41. The molecule has 0 radical (unpaired) electrons. The van der Waals surface area contributed by atoms with Crippen LogP contribution in [-0.4, -0.2) is 125 Å². The molecule has 3 aliphatic heterocycles. The van der Waals surface area contributed by atoms with E-state index in [4.69, 9.17) is 4.74 Å². The molecule has 3 aliphatic rings. The van der Waals surface area contributed by atoms with Gasteiger partial charge >= 0.3 is 23.8 Å². The number of thioether (sulfide) groups is 2. The summed E-state index contributed by atoms with van der Waals surface area (Å²) in [7, 11) is 3.12. The molecule has 17 nitrogen and oxygen atoms in total. The third-order valence-electron chi connectivity index (χ3n) is 7.42. The number of nitrogens with one attached hydrogen (secondary N) is 2. The number of aromatic nitrogens is 4. The molecule has 0 unspecified atom stereocenters. The van der Waals surface area contributed by atoms with Gasteiger partial charge in [-0.1, -0.05) is 23.9 Å². The summed E-state index contributed by atoms with van der Waals surface area (Å²) in [5, 5.41) is 26.1. The van der Waals surface area contributed by atoms with Crippen molar-refractivity contribution >= 4 is 59.2 Å². The number of ether oxygens (including phenoxy) is 1. The van der Waals surface area contributed by atoms with Gasteiger partial charge in [-0.25, -0.2) is 14.3 Å². The van der Waals surface area contributed by atoms with Crippen molar-refractivity contribution < 1.29 is 38.6 Å². The van der Waals surface area contributed by atoms with Crippen molar-refractivity contribution in [2.45, 2.75) is 29.5 Å². The number of aryl methyl sites for hydroxylation is 1. The number of methoxy groups -OCH3 is 1. The zero-order chi connectivity index (χ0) is 32.4. The lowest BCUT2D eigenvalue weighted by Gasteiger charge is -2.49. The second kappa shape index (κ2) is 13.1. The first-order valence-corrected chi connectivity index (χ1v) is 15.7. The van der Waals surface area contributed by atoms with Gasteiger partial charge in [0.25, 0.3) is 5.91 Å². The smallest absolute Gasteiger partial charge is 0.352 e. The van der Waals surface area contributed by atoms with Gasteiger partial charge < -0.3 is 25.4 Å². The van der Waals surface area contributed by atoms with E-state index in [1.165, 1.54) is 52.3 Å². The van der Waals surface area contributed by atoms with Gasteiger partial charge in [0.05, 0.1) is 7.11 Å². The first kappa shape index (κ1) is 31.8. The highest BCUT2D eigenvalue weighted by atomic mass is 32.2. The molecule has 1 aromatic heterocycles. The van der Waals surface area contributed by atoms with Crippen molar-refractivity contribution in [1.29, 1.82) is 0 Å². The van der Waals surface area contributed by atoms with Crippen molar-refractivity contribution in [3.05, 3.63) is 41.1 Å². The average molecular weight is 660 g/mol. The Morgan fingerprint density at radius 3 is 2.51 bits per heavy atom. The topological polar surface area (TPSA) is 209 Å². The molecular weight excluding hydrogens is 630 g/mol. The number of carboxylic acids is 1. The van der Waals surface area contributed by atoms with Crippen LogP contribution in [0.4, 0.5) is 4.79 Å². The van der Waals surface area contributed by atoms with Crippen molar-refractivity contribution in [3.63, 3.8) is 0 Å². The number of carbonyl (C=O) groups excluding carboxylic acids is 5. The number of tetrazole rings is 1. The third kappa shape index (κ3) is 6.17. The normalized spacial score (nSPS) is 20.4.